The summed E-state index contributed by atoms with van der Waals surface area (Å²) in [5, 5.41) is 3.57. The van der Waals surface area contributed by atoms with Gasteiger partial charge in [0, 0.05) is 0 Å². The van der Waals surface area contributed by atoms with Gasteiger partial charge in [0.05, 0.1) is 16.1 Å². The number of halogens is 2. The molecule has 0 saturated carbocycles. The smallest absolute Gasteiger partial charge is 0.407 e. The Hall–Kier alpha value is -0.930. The van der Waals surface area contributed by atoms with E-state index in [9.17, 15) is 4.79 Å². The number of ether oxygens (including phenoxy) is 1. The maximum atomic E-state index is 10.8. The van der Waals surface area contributed by atoms with Crippen molar-refractivity contribution in [3.8, 4) is 0 Å². The predicted octanol–water partition coefficient (Wildman–Crippen LogP) is 2.77. The fourth-order valence-electron chi connectivity index (χ4n) is 1.34. The van der Waals surface area contributed by atoms with E-state index in [1.165, 1.54) is 0 Å². The van der Waals surface area contributed by atoms with E-state index >= 15 is 0 Å². The lowest BCUT2D eigenvalue weighted by Gasteiger charge is -2.10. The van der Waals surface area contributed by atoms with Crippen LogP contribution in [0.3, 0.4) is 0 Å². The monoisotopic (exact) mass is 231 g/mol. The molecule has 1 heterocycles. The lowest BCUT2D eigenvalue weighted by molar-refractivity contribution is 0.177. The molecule has 1 atom stereocenters. The van der Waals surface area contributed by atoms with Crippen molar-refractivity contribution in [2.75, 3.05) is 6.61 Å². The second-order valence-corrected chi connectivity index (χ2v) is 3.72. The zero-order chi connectivity index (χ0) is 10.1. The SMILES string of the molecule is O=C1NC(c2cccc(Cl)c2Cl)CO1. The summed E-state index contributed by atoms with van der Waals surface area (Å²) in [5.74, 6) is 0. The molecule has 74 valence electrons. The minimum absolute atomic E-state index is 0.200. The van der Waals surface area contributed by atoms with Crippen molar-refractivity contribution >= 4 is 29.3 Å². The highest BCUT2D eigenvalue weighted by molar-refractivity contribution is 6.42. The van der Waals surface area contributed by atoms with Gasteiger partial charge in [-0.25, -0.2) is 4.79 Å². The molecule has 2 rings (SSSR count). The summed E-state index contributed by atoms with van der Waals surface area (Å²) in [4.78, 5) is 10.8. The van der Waals surface area contributed by atoms with E-state index in [2.05, 4.69) is 5.32 Å². The third-order valence-electron chi connectivity index (χ3n) is 2.03. The maximum absolute atomic E-state index is 10.8. The highest BCUT2D eigenvalue weighted by Crippen LogP contribution is 2.31. The minimum Gasteiger partial charge on any atom is -0.447 e. The van der Waals surface area contributed by atoms with Gasteiger partial charge in [-0.1, -0.05) is 35.3 Å². The van der Waals surface area contributed by atoms with E-state index in [4.69, 9.17) is 27.9 Å². The number of hydrogen-bond donors (Lipinski definition) is 1. The summed E-state index contributed by atoms with van der Waals surface area (Å²) >= 11 is 11.8. The molecule has 1 aromatic carbocycles. The molecule has 14 heavy (non-hydrogen) atoms. The van der Waals surface area contributed by atoms with E-state index in [0.717, 1.165) is 5.56 Å². The van der Waals surface area contributed by atoms with Crippen molar-refractivity contribution in [2.45, 2.75) is 6.04 Å². The Balaban J connectivity index is 2.32. The van der Waals surface area contributed by atoms with Crippen molar-refractivity contribution in [3.05, 3.63) is 33.8 Å². The molecule has 0 bridgehead atoms. The molecule has 1 saturated heterocycles. The number of alkyl carbamates (subject to hydrolysis) is 1. The van der Waals surface area contributed by atoms with E-state index in [1.807, 2.05) is 6.07 Å². The van der Waals surface area contributed by atoms with Crippen molar-refractivity contribution < 1.29 is 9.53 Å². The molecule has 0 aliphatic carbocycles. The quantitative estimate of drug-likeness (QED) is 0.808. The molecule has 1 N–H and O–H groups in total. The molecule has 0 spiro atoms. The Morgan fingerprint density at radius 1 is 1.43 bits per heavy atom. The molecule has 1 aromatic rings. The van der Waals surface area contributed by atoms with E-state index in [0.29, 0.717) is 16.7 Å². The molecular weight excluding hydrogens is 225 g/mol. The number of hydrogen-bond acceptors (Lipinski definition) is 2. The molecule has 5 heteroatoms. The van der Waals surface area contributed by atoms with Crippen LogP contribution < -0.4 is 5.32 Å². The molecular formula is C9H7Cl2NO2. The van der Waals surface area contributed by atoms with Gasteiger partial charge in [0.1, 0.15) is 6.61 Å². The van der Waals surface area contributed by atoms with Gasteiger partial charge in [0.15, 0.2) is 0 Å². The second kappa shape index (κ2) is 3.67. The number of cyclic esters (lactones) is 1. The van der Waals surface area contributed by atoms with Gasteiger partial charge < -0.3 is 10.1 Å². The van der Waals surface area contributed by atoms with E-state index in [-0.39, 0.29) is 6.04 Å². The molecule has 1 aliphatic heterocycles. The van der Waals surface area contributed by atoms with Gasteiger partial charge in [-0.05, 0) is 11.6 Å². The third kappa shape index (κ3) is 1.65. The first kappa shape index (κ1) is 9.62. The van der Waals surface area contributed by atoms with Crippen LogP contribution in [0.5, 0.6) is 0 Å². The summed E-state index contributed by atoms with van der Waals surface area (Å²) in [6.07, 6.45) is -0.425. The standard InChI is InChI=1S/C9H7Cl2NO2/c10-6-3-1-2-5(8(6)11)7-4-14-9(13)12-7/h1-3,7H,4H2,(H,12,13). The largest absolute Gasteiger partial charge is 0.447 e. The lowest BCUT2D eigenvalue weighted by atomic mass is 10.1. The molecule has 1 fully saturated rings. The normalized spacial score (nSPS) is 20.4. The molecule has 1 amide bonds. The number of nitrogens with one attached hydrogen (secondary N) is 1. The summed E-state index contributed by atoms with van der Waals surface area (Å²) in [6, 6.07) is 5.10. The Morgan fingerprint density at radius 2 is 2.21 bits per heavy atom. The van der Waals surface area contributed by atoms with Gasteiger partial charge >= 0.3 is 6.09 Å². The van der Waals surface area contributed by atoms with Gasteiger partial charge in [0.2, 0.25) is 0 Å². The van der Waals surface area contributed by atoms with Crippen LogP contribution in [-0.2, 0) is 4.74 Å². The Labute approximate surface area is 91.0 Å². The van der Waals surface area contributed by atoms with Crippen LogP contribution in [0.25, 0.3) is 0 Å². The number of carbonyl (C=O) groups excluding carboxylic acids is 1. The number of rotatable bonds is 1. The van der Waals surface area contributed by atoms with Crippen LogP contribution in [0.1, 0.15) is 11.6 Å². The number of amides is 1. The van der Waals surface area contributed by atoms with Gasteiger partial charge in [-0.2, -0.15) is 0 Å². The fraction of sp³-hybridized carbons (Fsp3) is 0.222. The van der Waals surface area contributed by atoms with Crippen LogP contribution in [-0.4, -0.2) is 12.7 Å². The van der Waals surface area contributed by atoms with E-state index < -0.39 is 6.09 Å². The Kier molecular flexibility index (Phi) is 2.52. The van der Waals surface area contributed by atoms with Crippen molar-refractivity contribution in [3.63, 3.8) is 0 Å². The van der Waals surface area contributed by atoms with Crippen molar-refractivity contribution in [1.82, 2.24) is 5.32 Å². The Morgan fingerprint density at radius 3 is 2.86 bits per heavy atom. The van der Waals surface area contributed by atoms with Crippen LogP contribution in [0.2, 0.25) is 10.0 Å². The highest BCUT2D eigenvalue weighted by atomic mass is 35.5. The maximum Gasteiger partial charge on any atom is 0.407 e. The first-order valence-corrected chi connectivity index (χ1v) is 4.81. The average Bonchev–Trinajstić information content (AvgIpc) is 2.57. The number of benzene rings is 1. The summed E-state index contributed by atoms with van der Waals surface area (Å²) < 4.78 is 4.76. The first-order chi connectivity index (χ1) is 6.68. The molecule has 1 aliphatic rings. The molecule has 1 unspecified atom stereocenters. The molecule has 0 radical (unpaired) electrons. The van der Waals surface area contributed by atoms with Crippen molar-refractivity contribution in [1.29, 1.82) is 0 Å². The van der Waals surface area contributed by atoms with Gasteiger partial charge in [-0.3, -0.25) is 0 Å². The summed E-state index contributed by atoms with van der Waals surface area (Å²) in [5.41, 5.74) is 0.782. The Bertz CT molecular complexity index is 381. The van der Waals surface area contributed by atoms with Crippen LogP contribution >= 0.6 is 23.2 Å². The lowest BCUT2D eigenvalue weighted by Crippen LogP contribution is -2.18. The zero-order valence-corrected chi connectivity index (χ0v) is 8.60. The second-order valence-electron chi connectivity index (χ2n) is 2.94. The number of carbonyl (C=O) groups is 1. The van der Waals surface area contributed by atoms with Gasteiger partial charge in [0.25, 0.3) is 0 Å². The van der Waals surface area contributed by atoms with Crippen molar-refractivity contribution in [2.24, 2.45) is 0 Å². The van der Waals surface area contributed by atoms with E-state index in [1.54, 1.807) is 12.1 Å². The summed E-state index contributed by atoms with van der Waals surface area (Å²) in [7, 11) is 0. The molecule has 0 aromatic heterocycles. The minimum atomic E-state index is -0.425. The first-order valence-electron chi connectivity index (χ1n) is 4.05. The van der Waals surface area contributed by atoms with Crippen LogP contribution in [0, 0.1) is 0 Å². The average molecular weight is 232 g/mol. The topological polar surface area (TPSA) is 38.3 Å². The predicted molar refractivity (Wildman–Crippen MR) is 53.7 cm³/mol. The highest BCUT2D eigenvalue weighted by Gasteiger charge is 2.25. The fourth-order valence-corrected chi connectivity index (χ4v) is 1.78. The van der Waals surface area contributed by atoms with Gasteiger partial charge in [-0.15, -0.1) is 0 Å². The van der Waals surface area contributed by atoms with Crippen LogP contribution in [0.15, 0.2) is 18.2 Å². The molecule has 3 nitrogen and oxygen atoms in total. The van der Waals surface area contributed by atoms with Crippen LogP contribution in [0.4, 0.5) is 4.79 Å². The third-order valence-corrected chi connectivity index (χ3v) is 2.86. The summed E-state index contributed by atoms with van der Waals surface area (Å²) in [6.45, 7) is 0.291. The zero-order valence-electron chi connectivity index (χ0n) is 7.09.